The molecule has 0 saturated heterocycles. The maximum Gasteiger partial charge on any atom is 0.261 e. The summed E-state index contributed by atoms with van der Waals surface area (Å²) in [6, 6.07) is 8.56. The van der Waals surface area contributed by atoms with Gasteiger partial charge >= 0.3 is 0 Å². The average molecular weight is 377 g/mol. The highest BCUT2D eigenvalue weighted by atomic mass is 35.5. The van der Waals surface area contributed by atoms with Gasteiger partial charge in [0.25, 0.3) is 5.91 Å². The highest BCUT2D eigenvalue weighted by Crippen LogP contribution is 2.38. The largest absolute Gasteiger partial charge is 0.496 e. The summed E-state index contributed by atoms with van der Waals surface area (Å²) in [6.45, 7) is 1.04. The van der Waals surface area contributed by atoms with Crippen molar-refractivity contribution in [3.63, 3.8) is 0 Å². The summed E-state index contributed by atoms with van der Waals surface area (Å²) in [6.07, 6.45) is 0. The van der Waals surface area contributed by atoms with Gasteiger partial charge in [-0.15, -0.1) is 0 Å². The Hall–Kier alpha value is -2.51. The third kappa shape index (κ3) is 3.08. The van der Waals surface area contributed by atoms with Crippen LogP contribution < -0.4 is 19.5 Å². The number of aromatic nitrogens is 1. The van der Waals surface area contributed by atoms with Crippen LogP contribution in [0.2, 0.25) is 5.02 Å². The minimum absolute atomic E-state index is 0.337. The van der Waals surface area contributed by atoms with E-state index < -0.39 is 0 Å². The highest BCUT2D eigenvalue weighted by molar-refractivity contribution is 7.22. The number of amides is 1. The molecule has 0 saturated carbocycles. The molecule has 0 atom stereocenters. The quantitative estimate of drug-likeness (QED) is 0.748. The van der Waals surface area contributed by atoms with Crippen LogP contribution in [-0.4, -0.2) is 31.2 Å². The summed E-state index contributed by atoms with van der Waals surface area (Å²) >= 11 is 7.34. The maximum absolute atomic E-state index is 12.5. The third-order valence-corrected chi connectivity index (χ3v) is 4.85. The molecule has 8 heteroatoms. The number of halogens is 1. The number of carbonyl (C=O) groups excluding carboxylic acids is 1. The van der Waals surface area contributed by atoms with Crippen LogP contribution in [0.4, 0.5) is 5.13 Å². The molecule has 4 rings (SSSR count). The van der Waals surface area contributed by atoms with Crippen molar-refractivity contribution in [2.45, 2.75) is 0 Å². The van der Waals surface area contributed by atoms with E-state index in [0.717, 1.165) is 10.2 Å². The van der Waals surface area contributed by atoms with Crippen molar-refractivity contribution in [2.24, 2.45) is 0 Å². The van der Waals surface area contributed by atoms with E-state index in [2.05, 4.69) is 10.3 Å². The summed E-state index contributed by atoms with van der Waals surface area (Å²) < 4.78 is 17.2. The zero-order chi connectivity index (χ0) is 17.4. The van der Waals surface area contributed by atoms with Crippen LogP contribution >= 0.6 is 22.9 Å². The van der Waals surface area contributed by atoms with E-state index >= 15 is 0 Å². The lowest BCUT2D eigenvalue weighted by Gasteiger charge is -2.17. The van der Waals surface area contributed by atoms with E-state index in [-0.39, 0.29) is 5.91 Å². The van der Waals surface area contributed by atoms with Gasteiger partial charge in [-0.3, -0.25) is 10.1 Å². The number of nitrogens with zero attached hydrogens (tertiary/aromatic N) is 1. The summed E-state index contributed by atoms with van der Waals surface area (Å²) in [5.74, 6) is 1.46. The molecule has 1 amide bonds. The minimum Gasteiger partial charge on any atom is -0.496 e. The molecule has 0 unspecified atom stereocenters. The van der Waals surface area contributed by atoms with Crippen LogP contribution in [0.1, 0.15) is 10.4 Å². The lowest BCUT2D eigenvalue weighted by atomic mass is 10.2. The number of benzene rings is 2. The third-order valence-electron chi connectivity index (χ3n) is 3.68. The highest BCUT2D eigenvalue weighted by Gasteiger charge is 2.18. The zero-order valence-corrected chi connectivity index (χ0v) is 14.7. The van der Waals surface area contributed by atoms with Crippen molar-refractivity contribution >= 4 is 44.2 Å². The Morgan fingerprint density at radius 1 is 1.24 bits per heavy atom. The van der Waals surface area contributed by atoms with Crippen LogP contribution in [0.25, 0.3) is 10.2 Å². The molecular formula is C17H13ClN2O4S. The lowest BCUT2D eigenvalue weighted by Crippen LogP contribution is -2.15. The van der Waals surface area contributed by atoms with E-state index in [9.17, 15) is 4.79 Å². The zero-order valence-electron chi connectivity index (χ0n) is 13.2. The normalized spacial score (nSPS) is 12.9. The maximum atomic E-state index is 12.5. The number of methoxy groups -OCH3 is 1. The number of rotatable bonds is 3. The van der Waals surface area contributed by atoms with E-state index in [1.54, 1.807) is 18.2 Å². The van der Waals surface area contributed by atoms with Gasteiger partial charge in [0.05, 0.1) is 22.9 Å². The smallest absolute Gasteiger partial charge is 0.261 e. The molecule has 1 aliphatic rings. The fraction of sp³-hybridized carbons (Fsp3) is 0.176. The number of anilines is 1. The first-order chi connectivity index (χ1) is 12.1. The first-order valence-electron chi connectivity index (χ1n) is 7.49. The molecule has 0 radical (unpaired) electrons. The summed E-state index contributed by atoms with van der Waals surface area (Å²) in [7, 11) is 1.50. The van der Waals surface area contributed by atoms with Gasteiger partial charge in [-0.05, 0) is 18.2 Å². The van der Waals surface area contributed by atoms with Crippen LogP contribution in [0.5, 0.6) is 17.2 Å². The fourth-order valence-corrected chi connectivity index (χ4v) is 3.58. The van der Waals surface area contributed by atoms with Crippen molar-refractivity contribution in [1.82, 2.24) is 4.98 Å². The summed E-state index contributed by atoms with van der Waals surface area (Å²) in [5.41, 5.74) is 1.09. The van der Waals surface area contributed by atoms with Crippen molar-refractivity contribution in [1.29, 1.82) is 0 Å². The molecule has 1 aromatic heterocycles. The van der Waals surface area contributed by atoms with E-state index in [0.29, 0.717) is 46.2 Å². The SMILES string of the molecule is COc1ccc(Cl)cc1C(=O)Nc1nc2cc3c(cc2s1)OCCO3. The van der Waals surface area contributed by atoms with Crippen molar-refractivity contribution in [2.75, 3.05) is 25.6 Å². The summed E-state index contributed by atoms with van der Waals surface area (Å²) in [4.78, 5) is 17.0. The first kappa shape index (κ1) is 16.0. The predicted octanol–water partition coefficient (Wildman–Crippen LogP) is 3.98. The van der Waals surface area contributed by atoms with Crippen LogP contribution in [-0.2, 0) is 0 Å². The van der Waals surface area contributed by atoms with Gasteiger partial charge in [0, 0.05) is 17.2 Å². The van der Waals surface area contributed by atoms with E-state index in [4.69, 9.17) is 25.8 Å². The van der Waals surface area contributed by atoms with Crippen molar-refractivity contribution in [3.8, 4) is 17.2 Å². The molecule has 1 aliphatic heterocycles. The molecule has 0 fully saturated rings. The lowest BCUT2D eigenvalue weighted by molar-refractivity contribution is 0.102. The van der Waals surface area contributed by atoms with E-state index in [1.807, 2.05) is 12.1 Å². The number of thiazole rings is 1. The topological polar surface area (TPSA) is 69.7 Å². The van der Waals surface area contributed by atoms with Crippen LogP contribution in [0.15, 0.2) is 30.3 Å². The van der Waals surface area contributed by atoms with Gasteiger partial charge in [-0.1, -0.05) is 22.9 Å². The average Bonchev–Trinajstić information content (AvgIpc) is 3.00. The molecular weight excluding hydrogens is 364 g/mol. The van der Waals surface area contributed by atoms with Gasteiger partial charge < -0.3 is 14.2 Å². The number of nitrogens with one attached hydrogen (secondary N) is 1. The molecule has 2 heterocycles. The van der Waals surface area contributed by atoms with E-state index in [1.165, 1.54) is 18.4 Å². The second-order valence-electron chi connectivity index (χ2n) is 5.28. The minimum atomic E-state index is -0.337. The standard InChI is InChI=1S/C17H13ClN2O4S/c1-22-12-3-2-9(18)6-10(12)16(21)20-17-19-11-7-13-14(8-15(11)25-17)24-5-4-23-13/h2-3,6-8H,4-5H2,1H3,(H,19,20,21). The Balaban J connectivity index is 1.64. The number of hydrogen-bond acceptors (Lipinski definition) is 6. The molecule has 2 aromatic carbocycles. The van der Waals surface area contributed by atoms with Gasteiger partial charge in [0.2, 0.25) is 0 Å². The number of ether oxygens (including phenoxy) is 3. The molecule has 1 N–H and O–H groups in total. The Kier molecular flexibility index (Phi) is 4.10. The first-order valence-corrected chi connectivity index (χ1v) is 8.68. The monoisotopic (exact) mass is 376 g/mol. The second-order valence-corrected chi connectivity index (χ2v) is 6.75. The molecule has 6 nitrogen and oxygen atoms in total. The molecule has 25 heavy (non-hydrogen) atoms. The van der Waals surface area contributed by atoms with Gasteiger partial charge in [0.15, 0.2) is 16.6 Å². The Labute approximate surface area is 152 Å². The Morgan fingerprint density at radius 3 is 2.76 bits per heavy atom. The fourth-order valence-electron chi connectivity index (χ4n) is 2.54. The second kappa shape index (κ2) is 6.42. The van der Waals surface area contributed by atoms with Gasteiger partial charge in [0.1, 0.15) is 19.0 Å². The Morgan fingerprint density at radius 2 is 2.00 bits per heavy atom. The molecule has 0 spiro atoms. The molecule has 3 aromatic rings. The number of carbonyl (C=O) groups is 1. The van der Waals surface area contributed by atoms with Crippen LogP contribution in [0.3, 0.4) is 0 Å². The number of hydrogen-bond donors (Lipinski definition) is 1. The predicted molar refractivity (Wildman–Crippen MR) is 96.6 cm³/mol. The van der Waals surface area contributed by atoms with Gasteiger partial charge in [-0.25, -0.2) is 4.98 Å². The van der Waals surface area contributed by atoms with Crippen molar-refractivity contribution < 1.29 is 19.0 Å². The van der Waals surface area contributed by atoms with Gasteiger partial charge in [-0.2, -0.15) is 0 Å². The molecule has 0 bridgehead atoms. The summed E-state index contributed by atoms with van der Waals surface area (Å²) in [5, 5.41) is 3.72. The molecule has 0 aliphatic carbocycles. The van der Waals surface area contributed by atoms with Crippen LogP contribution in [0, 0.1) is 0 Å². The Bertz CT molecular complexity index is 930. The van der Waals surface area contributed by atoms with Crippen molar-refractivity contribution in [3.05, 3.63) is 40.9 Å². The molecule has 128 valence electrons. The number of fused-ring (bicyclic) bond motifs is 2.